The Hall–Kier alpha value is -1.10. The predicted molar refractivity (Wildman–Crippen MR) is 46.6 cm³/mol. The lowest BCUT2D eigenvalue weighted by Crippen LogP contribution is -1.79. The number of nitrogens with zero attached hydrogens (tertiary/aromatic N) is 3. The first-order valence-electron chi connectivity index (χ1n) is 3.04. The highest BCUT2D eigenvalue weighted by Gasteiger charge is 2.11. The highest BCUT2D eigenvalue weighted by atomic mass is 35.5. The number of thioether (sulfide) groups is 1. The van der Waals surface area contributed by atoms with Crippen LogP contribution in [0.15, 0.2) is 11.1 Å². The lowest BCUT2D eigenvalue weighted by molar-refractivity contribution is 1.12. The molecule has 0 aliphatic carbocycles. The lowest BCUT2D eigenvalue weighted by Gasteiger charge is -1.92. The van der Waals surface area contributed by atoms with Gasteiger partial charge in [0.15, 0.2) is 0 Å². The summed E-state index contributed by atoms with van der Waals surface area (Å²) >= 11 is 6.64. The molecular weight excluding hydrogens is 194 g/mol. The molecule has 1 heterocycles. The van der Waals surface area contributed by atoms with Gasteiger partial charge in [0.1, 0.15) is 11.5 Å². The predicted octanol–water partition coefficient (Wildman–Crippen LogP) is 2.24. The molecule has 3 nitrogen and oxygen atoms in total. The van der Waals surface area contributed by atoms with Gasteiger partial charge in [0.2, 0.25) is 0 Å². The Morgan fingerprint density at radius 3 is 2.75 bits per heavy atom. The number of nitriles is 2. The monoisotopic (exact) mass is 197 g/mol. The van der Waals surface area contributed by atoms with E-state index in [1.54, 1.807) is 6.92 Å². The minimum atomic E-state index is 0.439. The number of aromatic nitrogens is 1. The van der Waals surface area contributed by atoms with Crippen molar-refractivity contribution in [3.8, 4) is 11.5 Å². The first-order valence-corrected chi connectivity index (χ1v) is 4.20. The molecule has 0 saturated carbocycles. The van der Waals surface area contributed by atoms with Crippen molar-refractivity contribution in [1.82, 2.24) is 4.09 Å². The average Bonchev–Trinajstić information content (AvgIpc) is 2.33. The summed E-state index contributed by atoms with van der Waals surface area (Å²) in [6.45, 7) is 1.76. The second-order valence-corrected chi connectivity index (χ2v) is 3.23. The average molecular weight is 198 g/mol. The van der Waals surface area contributed by atoms with Crippen molar-refractivity contribution in [1.29, 1.82) is 10.5 Å². The van der Waals surface area contributed by atoms with E-state index < -0.39 is 0 Å². The SMILES string of the molecule is Cc1c(SC#N)c(C#N)cn1Cl. The Morgan fingerprint density at radius 1 is 1.58 bits per heavy atom. The van der Waals surface area contributed by atoms with Gasteiger partial charge in [0, 0.05) is 23.7 Å². The smallest absolute Gasteiger partial charge is 0.138 e. The molecular formula is C7H4ClN3S. The van der Waals surface area contributed by atoms with Gasteiger partial charge in [-0.2, -0.15) is 10.5 Å². The summed E-state index contributed by atoms with van der Waals surface area (Å²) in [7, 11) is 0. The van der Waals surface area contributed by atoms with E-state index in [0.29, 0.717) is 10.5 Å². The van der Waals surface area contributed by atoms with Crippen molar-refractivity contribution >= 4 is 23.5 Å². The van der Waals surface area contributed by atoms with Crippen LogP contribution in [0.1, 0.15) is 11.3 Å². The van der Waals surface area contributed by atoms with Crippen LogP contribution in [0.4, 0.5) is 0 Å². The van der Waals surface area contributed by atoms with E-state index in [2.05, 4.69) is 0 Å². The molecule has 0 radical (unpaired) electrons. The molecule has 1 rings (SSSR count). The quantitative estimate of drug-likeness (QED) is 0.513. The summed E-state index contributed by atoms with van der Waals surface area (Å²) in [5.41, 5.74) is 1.16. The Bertz CT molecular complexity index is 383. The molecule has 0 saturated heterocycles. The molecule has 1 aromatic rings. The summed E-state index contributed by atoms with van der Waals surface area (Å²) in [6, 6.07) is 1.96. The van der Waals surface area contributed by atoms with Gasteiger partial charge < -0.3 is 0 Å². The van der Waals surface area contributed by atoms with Gasteiger partial charge in [0.05, 0.1) is 10.5 Å². The second-order valence-electron chi connectivity index (χ2n) is 2.07. The van der Waals surface area contributed by atoms with Crippen molar-refractivity contribution in [2.45, 2.75) is 11.8 Å². The van der Waals surface area contributed by atoms with Gasteiger partial charge in [-0.3, -0.25) is 4.09 Å². The molecule has 0 fully saturated rings. The Labute approximate surface area is 79.3 Å². The number of hydrogen-bond acceptors (Lipinski definition) is 3. The Morgan fingerprint density at radius 2 is 2.25 bits per heavy atom. The third kappa shape index (κ3) is 1.40. The van der Waals surface area contributed by atoms with Crippen LogP contribution in [0.2, 0.25) is 0 Å². The number of halogens is 1. The van der Waals surface area contributed by atoms with Crippen LogP contribution < -0.4 is 0 Å². The Kier molecular flexibility index (Phi) is 2.65. The summed E-state index contributed by atoms with van der Waals surface area (Å²) < 4.78 is 1.32. The van der Waals surface area contributed by atoms with Crippen LogP contribution in [-0.2, 0) is 0 Å². The van der Waals surface area contributed by atoms with Crippen molar-refractivity contribution in [2.75, 3.05) is 0 Å². The van der Waals surface area contributed by atoms with Gasteiger partial charge in [-0.1, -0.05) is 0 Å². The van der Waals surface area contributed by atoms with Gasteiger partial charge in [0.25, 0.3) is 0 Å². The minimum Gasteiger partial charge on any atom is -0.263 e. The molecule has 12 heavy (non-hydrogen) atoms. The number of hydrogen-bond donors (Lipinski definition) is 0. The molecule has 0 atom stereocenters. The molecule has 0 bridgehead atoms. The normalized spacial score (nSPS) is 9.00. The van der Waals surface area contributed by atoms with Crippen LogP contribution in [0.25, 0.3) is 0 Å². The fourth-order valence-electron chi connectivity index (χ4n) is 0.815. The first kappa shape index (κ1) is 8.99. The van der Waals surface area contributed by atoms with Gasteiger partial charge >= 0.3 is 0 Å². The molecule has 60 valence electrons. The van der Waals surface area contributed by atoms with E-state index in [1.165, 1.54) is 10.3 Å². The summed E-state index contributed by atoms with van der Waals surface area (Å²) in [4.78, 5) is 0.634. The van der Waals surface area contributed by atoms with Crippen LogP contribution in [0.3, 0.4) is 0 Å². The number of thiocyanates is 1. The van der Waals surface area contributed by atoms with E-state index >= 15 is 0 Å². The fourth-order valence-corrected chi connectivity index (χ4v) is 1.59. The molecule has 0 aromatic carbocycles. The van der Waals surface area contributed by atoms with E-state index in [1.807, 2.05) is 11.5 Å². The van der Waals surface area contributed by atoms with Crippen molar-refractivity contribution < 1.29 is 0 Å². The molecule has 1 aromatic heterocycles. The van der Waals surface area contributed by atoms with Crippen LogP contribution in [0, 0.1) is 28.9 Å². The summed E-state index contributed by atoms with van der Waals surface area (Å²) in [6.07, 6.45) is 1.50. The van der Waals surface area contributed by atoms with Crippen molar-refractivity contribution in [2.24, 2.45) is 0 Å². The third-order valence-electron chi connectivity index (χ3n) is 1.40. The minimum absolute atomic E-state index is 0.439. The molecule has 5 heteroatoms. The maximum atomic E-state index is 8.64. The molecule has 0 spiro atoms. The topological polar surface area (TPSA) is 52.5 Å². The standard InChI is InChI=1S/C7H4ClN3S/c1-5-7(12-4-10)6(2-9)3-11(5)8/h3H,1H3. The van der Waals surface area contributed by atoms with Crippen molar-refractivity contribution in [3.63, 3.8) is 0 Å². The van der Waals surface area contributed by atoms with Gasteiger partial charge in [-0.25, -0.2) is 0 Å². The third-order valence-corrected chi connectivity index (χ3v) is 2.57. The van der Waals surface area contributed by atoms with Crippen LogP contribution in [0.5, 0.6) is 0 Å². The van der Waals surface area contributed by atoms with E-state index in [-0.39, 0.29) is 0 Å². The molecule has 0 aliphatic rings. The van der Waals surface area contributed by atoms with Crippen LogP contribution >= 0.6 is 23.5 Å². The van der Waals surface area contributed by atoms with E-state index in [9.17, 15) is 0 Å². The molecule has 0 aliphatic heterocycles. The van der Waals surface area contributed by atoms with E-state index in [0.717, 1.165) is 17.5 Å². The van der Waals surface area contributed by atoms with Gasteiger partial charge in [-0.05, 0) is 18.7 Å². The molecule has 0 N–H and O–H groups in total. The van der Waals surface area contributed by atoms with Gasteiger partial charge in [-0.15, -0.1) is 0 Å². The summed E-state index contributed by atoms with van der Waals surface area (Å²) in [5.74, 6) is 0. The summed E-state index contributed by atoms with van der Waals surface area (Å²) in [5, 5.41) is 19.0. The Balaban J connectivity index is 3.26. The van der Waals surface area contributed by atoms with Crippen LogP contribution in [-0.4, -0.2) is 4.09 Å². The maximum Gasteiger partial charge on any atom is 0.138 e. The lowest BCUT2D eigenvalue weighted by atomic mass is 10.3. The molecule has 0 unspecified atom stereocenters. The highest BCUT2D eigenvalue weighted by Crippen LogP contribution is 2.27. The van der Waals surface area contributed by atoms with E-state index in [4.69, 9.17) is 22.3 Å². The molecule has 0 amide bonds. The first-order chi connectivity index (χ1) is 5.70. The highest BCUT2D eigenvalue weighted by molar-refractivity contribution is 8.03. The second kappa shape index (κ2) is 3.53. The zero-order valence-corrected chi connectivity index (χ0v) is 7.78. The number of rotatable bonds is 1. The zero-order chi connectivity index (χ0) is 9.14. The maximum absolute atomic E-state index is 8.64. The van der Waals surface area contributed by atoms with Crippen molar-refractivity contribution in [3.05, 3.63) is 17.5 Å². The zero-order valence-electron chi connectivity index (χ0n) is 6.21. The fraction of sp³-hybridized carbons (Fsp3) is 0.143. The largest absolute Gasteiger partial charge is 0.263 e.